The average molecular weight is 446 g/mol. The van der Waals surface area contributed by atoms with E-state index in [9.17, 15) is 0 Å². The van der Waals surface area contributed by atoms with Crippen LogP contribution in [0.3, 0.4) is 0 Å². The number of benzene rings is 1. The molecule has 0 aromatic heterocycles. The molecule has 0 aliphatic carbocycles. The second kappa shape index (κ2) is 11.4. The molecule has 0 atom stereocenters. The molecule has 1 aromatic carbocycles. The molecule has 6 heteroatoms. The summed E-state index contributed by atoms with van der Waals surface area (Å²) in [6, 6.07) is 8.32. The van der Waals surface area contributed by atoms with Gasteiger partial charge in [-0.15, -0.1) is 24.0 Å². The van der Waals surface area contributed by atoms with Gasteiger partial charge in [0.15, 0.2) is 5.96 Å². The van der Waals surface area contributed by atoms with Crippen LogP contribution in [0.2, 0.25) is 0 Å². The first-order valence-corrected chi connectivity index (χ1v) is 8.70. The lowest BCUT2D eigenvalue weighted by Crippen LogP contribution is -2.52. The van der Waals surface area contributed by atoms with Crippen LogP contribution in [0.1, 0.15) is 26.7 Å². The third-order valence-corrected chi connectivity index (χ3v) is 4.12. The zero-order valence-corrected chi connectivity index (χ0v) is 17.5. The van der Waals surface area contributed by atoms with Crippen LogP contribution in [0.5, 0.6) is 5.75 Å². The van der Waals surface area contributed by atoms with Gasteiger partial charge in [0.25, 0.3) is 0 Å². The minimum absolute atomic E-state index is 0. The number of halogens is 1. The zero-order chi connectivity index (χ0) is 16.5. The van der Waals surface area contributed by atoms with E-state index in [4.69, 9.17) is 9.73 Å². The summed E-state index contributed by atoms with van der Waals surface area (Å²) >= 11 is 0. The monoisotopic (exact) mass is 446 g/mol. The number of nitrogens with zero attached hydrogens (tertiary/aromatic N) is 3. The predicted molar refractivity (Wildman–Crippen MR) is 113 cm³/mol. The number of aliphatic imine (C=N–C) groups is 1. The van der Waals surface area contributed by atoms with Crippen molar-refractivity contribution in [2.24, 2.45) is 4.99 Å². The topological polar surface area (TPSA) is 40.1 Å². The Morgan fingerprint density at radius 3 is 2.33 bits per heavy atom. The number of guanidine groups is 1. The maximum absolute atomic E-state index is 5.23. The van der Waals surface area contributed by atoms with Crippen LogP contribution < -0.4 is 15.0 Å². The van der Waals surface area contributed by atoms with Crippen LogP contribution in [-0.2, 0) is 0 Å². The highest BCUT2D eigenvalue weighted by atomic mass is 127. The van der Waals surface area contributed by atoms with Gasteiger partial charge in [-0.05, 0) is 37.6 Å². The summed E-state index contributed by atoms with van der Waals surface area (Å²) in [5.41, 5.74) is 1.26. The minimum atomic E-state index is 0. The quantitative estimate of drug-likeness (QED) is 0.316. The molecule has 0 spiro atoms. The molecule has 1 aliphatic rings. The fourth-order valence-corrected chi connectivity index (χ4v) is 2.74. The van der Waals surface area contributed by atoms with Crippen molar-refractivity contribution in [3.63, 3.8) is 0 Å². The highest BCUT2D eigenvalue weighted by Crippen LogP contribution is 2.20. The second-order valence-corrected chi connectivity index (χ2v) is 5.76. The molecule has 1 N–H and O–H groups in total. The molecule has 1 saturated heterocycles. The first-order valence-electron chi connectivity index (χ1n) is 8.70. The third kappa shape index (κ3) is 6.03. The molecule has 5 nitrogen and oxygen atoms in total. The van der Waals surface area contributed by atoms with E-state index in [2.05, 4.69) is 41.1 Å². The number of anilines is 1. The first kappa shape index (κ1) is 20.9. The Morgan fingerprint density at radius 2 is 1.79 bits per heavy atom. The molecule has 0 saturated carbocycles. The van der Waals surface area contributed by atoms with Crippen molar-refractivity contribution < 1.29 is 4.74 Å². The molecule has 0 radical (unpaired) electrons. The Bertz CT molecular complexity index is 484. The van der Waals surface area contributed by atoms with Crippen LogP contribution in [0.15, 0.2) is 29.3 Å². The molecule has 24 heavy (non-hydrogen) atoms. The molecule has 0 bridgehead atoms. The SMILES string of the molecule is CCCCN=C(NCC)N1CCN(c2ccc(OC)cc2)CC1.I. The van der Waals surface area contributed by atoms with Crippen LogP contribution in [-0.4, -0.2) is 57.2 Å². The third-order valence-electron chi connectivity index (χ3n) is 4.12. The van der Waals surface area contributed by atoms with Gasteiger partial charge < -0.3 is 19.9 Å². The van der Waals surface area contributed by atoms with Gasteiger partial charge in [-0.1, -0.05) is 13.3 Å². The normalized spacial score (nSPS) is 15.0. The Morgan fingerprint density at radius 1 is 1.12 bits per heavy atom. The summed E-state index contributed by atoms with van der Waals surface area (Å²) in [4.78, 5) is 9.54. The van der Waals surface area contributed by atoms with Gasteiger partial charge >= 0.3 is 0 Å². The van der Waals surface area contributed by atoms with E-state index in [-0.39, 0.29) is 24.0 Å². The van der Waals surface area contributed by atoms with Crippen LogP contribution in [0.4, 0.5) is 5.69 Å². The number of unbranched alkanes of at least 4 members (excludes halogenated alkanes) is 1. The molecular formula is C18H31IN4O. The highest BCUT2D eigenvalue weighted by molar-refractivity contribution is 14.0. The summed E-state index contributed by atoms with van der Waals surface area (Å²) in [6.07, 6.45) is 2.34. The van der Waals surface area contributed by atoms with E-state index in [1.165, 1.54) is 12.1 Å². The number of piperazine rings is 1. The number of methoxy groups -OCH3 is 1. The van der Waals surface area contributed by atoms with Crippen molar-refractivity contribution in [1.29, 1.82) is 0 Å². The van der Waals surface area contributed by atoms with Crippen molar-refractivity contribution in [2.45, 2.75) is 26.7 Å². The highest BCUT2D eigenvalue weighted by Gasteiger charge is 2.19. The standard InChI is InChI=1S/C18H30N4O.HI/c1-4-6-11-20-18(19-5-2)22-14-12-21(13-15-22)16-7-9-17(23-3)10-8-16;/h7-10H,4-6,11-15H2,1-3H3,(H,19,20);1H. The lowest BCUT2D eigenvalue weighted by molar-refractivity contribution is 0.372. The van der Waals surface area contributed by atoms with E-state index in [0.29, 0.717) is 0 Å². The van der Waals surface area contributed by atoms with Gasteiger partial charge in [0.1, 0.15) is 5.75 Å². The Labute approximate surface area is 163 Å². The van der Waals surface area contributed by atoms with Crippen LogP contribution in [0.25, 0.3) is 0 Å². The molecule has 136 valence electrons. The lowest BCUT2D eigenvalue weighted by Gasteiger charge is -2.37. The average Bonchev–Trinajstić information content (AvgIpc) is 2.61. The number of nitrogens with one attached hydrogen (secondary N) is 1. The number of rotatable bonds is 6. The Hall–Kier alpha value is -1.18. The van der Waals surface area contributed by atoms with Crippen molar-refractivity contribution in [1.82, 2.24) is 10.2 Å². The number of hydrogen-bond acceptors (Lipinski definition) is 3. The fraction of sp³-hybridized carbons (Fsp3) is 0.611. The van der Waals surface area contributed by atoms with Crippen LogP contribution in [0, 0.1) is 0 Å². The van der Waals surface area contributed by atoms with Gasteiger partial charge in [-0.3, -0.25) is 4.99 Å². The summed E-state index contributed by atoms with van der Waals surface area (Å²) in [5, 5.41) is 3.42. The molecule has 0 amide bonds. The maximum Gasteiger partial charge on any atom is 0.194 e. The van der Waals surface area contributed by atoms with Gasteiger partial charge in [-0.2, -0.15) is 0 Å². The molecule has 1 fully saturated rings. The van der Waals surface area contributed by atoms with E-state index < -0.39 is 0 Å². The molecule has 1 aliphatic heterocycles. The Balaban J connectivity index is 0.00000288. The molecular weight excluding hydrogens is 415 g/mol. The van der Waals surface area contributed by atoms with Gasteiger partial charge in [0.05, 0.1) is 7.11 Å². The summed E-state index contributed by atoms with van der Waals surface area (Å²) in [7, 11) is 1.70. The Kier molecular flexibility index (Phi) is 9.90. The molecule has 2 rings (SSSR count). The summed E-state index contributed by atoms with van der Waals surface area (Å²) in [6.45, 7) is 10.2. The maximum atomic E-state index is 5.23. The van der Waals surface area contributed by atoms with Crippen LogP contribution >= 0.6 is 24.0 Å². The smallest absolute Gasteiger partial charge is 0.194 e. The first-order chi connectivity index (χ1) is 11.3. The lowest BCUT2D eigenvalue weighted by atomic mass is 10.2. The number of ether oxygens (including phenoxy) is 1. The molecule has 0 unspecified atom stereocenters. The van der Waals surface area contributed by atoms with Gasteiger partial charge in [0, 0.05) is 45.0 Å². The van der Waals surface area contributed by atoms with Crippen molar-refractivity contribution in [3.8, 4) is 5.75 Å². The summed E-state index contributed by atoms with van der Waals surface area (Å²) in [5.74, 6) is 1.97. The summed E-state index contributed by atoms with van der Waals surface area (Å²) < 4.78 is 5.23. The van der Waals surface area contributed by atoms with E-state index in [1.54, 1.807) is 7.11 Å². The zero-order valence-electron chi connectivity index (χ0n) is 15.1. The largest absolute Gasteiger partial charge is 0.497 e. The minimum Gasteiger partial charge on any atom is -0.497 e. The fourth-order valence-electron chi connectivity index (χ4n) is 2.74. The van der Waals surface area contributed by atoms with E-state index in [0.717, 1.165) is 57.4 Å². The molecule has 1 heterocycles. The second-order valence-electron chi connectivity index (χ2n) is 5.76. The van der Waals surface area contributed by atoms with Gasteiger partial charge in [0.2, 0.25) is 0 Å². The van der Waals surface area contributed by atoms with Crippen molar-refractivity contribution >= 4 is 35.6 Å². The number of hydrogen-bond donors (Lipinski definition) is 1. The van der Waals surface area contributed by atoms with E-state index in [1.807, 2.05) is 12.1 Å². The molecule has 1 aromatic rings. The van der Waals surface area contributed by atoms with Gasteiger partial charge in [-0.25, -0.2) is 0 Å². The van der Waals surface area contributed by atoms with E-state index >= 15 is 0 Å². The van der Waals surface area contributed by atoms with Crippen molar-refractivity contribution in [2.75, 3.05) is 51.3 Å². The predicted octanol–water partition coefficient (Wildman–Crippen LogP) is 3.20. The van der Waals surface area contributed by atoms with Crippen molar-refractivity contribution in [3.05, 3.63) is 24.3 Å².